The van der Waals surface area contributed by atoms with Crippen LogP contribution in [0.25, 0.3) is 22.5 Å². The van der Waals surface area contributed by atoms with Crippen LogP contribution < -0.4 is 5.69 Å². The van der Waals surface area contributed by atoms with E-state index in [9.17, 15) is 4.79 Å². The van der Waals surface area contributed by atoms with Crippen molar-refractivity contribution in [1.29, 1.82) is 0 Å². The van der Waals surface area contributed by atoms with Gasteiger partial charge in [0.25, 0.3) is 0 Å². The maximum Gasteiger partial charge on any atom is 0.346 e. The van der Waals surface area contributed by atoms with E-state index in [4.69, 9.17) is 0 Å². The van der Waals surface area contributed by atoms with E-state index in [1.807, 2.05) is 31.2 Å². The van der Waals surface area contributed by atoms with Crippen LogP contribution in [0.4, 0.5) is 0 Å². The zero-order valence-corrected chi connectivity index (χ0v) is 18.0. The maximum absolute atomic E-state index is 12.8. The van der Waals surface area contributed by atoms with E-state index in [1.165, 1.54) is 0 Å². The van der Waals surface area contributed by atoms with Crippen LogP contribution in [-0.4, -0.2) is 35.0 Å². The molecular weight excluding hydrogens is 390 g/mol. The third kappa shape index (κ3) is 4.47. The number of nitrogens with one attached hydrogen (secondary N) is 1. The lowest BCUT2D eigenvalue weighted by atomic mass is 9.98. The molecule has 2 heterocycles. The van der Waals surface area contributed by atoms with Crippen molar-refractivity contribution in [2.75, 3.05) is 0 Å². The number of aryl methyl sites for hydroxylation is 2. The number of hydrogen-bond acceptors (Lipinski definition) is 5. The number of H-pyrrole nitrogens is 1. The SMILES string of the molecule is CCCCCc1nn(CC)c(=O)n1Cc1ccc(-c2ccccc2-c2nn[nH]n2)cc1. The van der Waals surface area contributed by atoms with E-state index in [0.717, 1.165) is 53.8 Å². The number of tetrazole rings is 1. The Morgan fingerprint density at radius 1 is 0.968 bits per heavy atom. The predicted molar refractivity (Wildman–Crippen MR) is 120 cm³/mol. The van der Waals surface area contributed by atoms with Gasteiger partial charge in [0, 0.05) is 18.5 Å². The van der Waals surface area contributed by atoms with Gasteiger partial charge in [0.05, 0.1) is 6.54 Å². The number of benzene rings is 2. The average molecular weight is 418 g/mol. The largest absolute Gasteiger partial charge is 0.346 e. The summed E-state index contributed by atoms with van der Waals surface area (Å²) in [7, 11) is 0. The lowest BCUT2D eigenvalue weighted by Gasteiger charge is -2.09. The summed E-state index contributed by atoms with van der Waals surface area (Å²) in [5, 5.41) is 18.9. The van der Waals surface area contributed by atoms with Crippen LogP contribution in [0.1, 0.15) is 44.5 Å². The fourth-order valence-electron chi connectivity index (χ4n) is 3.75. The van der Waals surface area contributed by atoms with E-state index in [0.29, 0.717) is 18.9 Å². The number of unbranched alkanes of at least 4 members (excludes halogenated alkanes) is 2. The summed E-state index contributed by atoms with van der Waals surface area (Å²) < 4.78 is 3.36. The molecule has 0 radical (unpaired) electrons. The maximum atomic E-state index is 12.8. The summed E-state index contributed by atoms with van der Waals surface area (Å²) in [6, 6.07) is 16.2. The quantitative estimate of drug-likeness (QED) is 0.419. The van der Waals surface area contributed by atoms with Gasteiger partial charge in [0.15, 0.2) is 0 Å². The Morgan fingerprint density at radius 2 is 1.74 bits per heavy atom. The molecule has 0 aliphatic heterocycles. The van der Waals surface area contributed by atoms with Crippen molar-refractivity contribution >= 4 is 0 Å². The minimum absolute atomic E-state index is 0.0412. The Kier molecular flexibility index (Phi) is 6.35. The molecule has 0 aliphatic carbocycles. The molecular formula is C23H27N7O. The normalized spacial score (nSPS) is 11.2. The first-order valence-corrected chi connectivity index (χ1v) is 10.8. The highest BCUT2D eigenvalue weighted by atomic mass is 16.2. The Bertz CT molecular complexity index is 1170. The van der Waals surface area contributed by atoms with Gasteiger partial charge in [-0.1, -0.05) is 68.3 Å². The van der Waals surface area contributed by atoms with Gasteiger partial charge in [0.2, 0.25) is 5.82 Å². The van der Waals surface area contributed by atoms with Crippen LogP contribution in [-0.2, 0) is 19.5 Å². The standard InChI is InChI=1S/C23H27N7O/c1-3-5-6-11-21-26-30(4-2)23(31)29(21)16-17-12-14-18(15-13-17)19-9-7-8-10-20(19)22-24-27-28-25-22/h7-10,12-15H,3-6,11,16H2,1-2H3,(H,24,25,27,28). The second-order valence-corrected chi connectivity index (χ2v) is 7.54. The summed E-state index contributed by atoms with van der Waals surface area (Å²) in [4.78, 5) is 12.8. The number of aromatic nitrogens is 7. The van der Waals surface area contributed by atoms with Gasteiger partial charge >= 0.3 is 5.69 Å². The van der Waals surface area contributed by atoms with Gasteiger partial charge < -0.3 is 0 Å². The molecule has 0 fully saturated rings. The van der Waals surface area contributed by atoms with Crippen molar-refractivity contribution in [3.8, 4) is 22.5 Å². The molecule has 8 nitrogen and oxygen atoms in total. The highest BCUT2D eigenvalue weighted by Gasteiger charge is 2.14. The summed E-state index contributed by atoms with van der Waals surface area (Å²) in [5.41, 5.74) is 4.04. The van der Waals surface area contributed by atoms with Crippen molar-refractivity contribution in [2.45, 2.75) is 52.6 Å². The molecule has 1 N–H and O–H groups in total. The van der Waals surface area contributed by atoms with Gasteiger partial charge in [-0.25, -0.2) is 9.48 Å². The van der Waals surface area contributed by atoms with Gasteiger partial charge in [-0.15, -0.1) is 10.2 Å². The smallest absolute Gasteiger partial charge is 0.274 e. The molecule has 31 heavy (non-hydrogen) atoms. The first kappa shape index (κ1) is 20.7. The molecule has 0 atom stereocenters. The number of aromatic amines is 1. The molecule has 0 bridgehead atoms. The average Bonchev–Trinajstić information content (AvgIpc) is 3.44. The van der Waals surface area contributed by atoms with Crippen LogP contribution in [0.5, 0.6) is 0 Å². The monoisotopic (exact) mass is 417 g/mol. The fraction of sp³-hybridized carbons (Fsp3) is 0.348. The molecule has 160 valence electrons. The van der Waals surface area contributed by atoms with Crippen LogP contribution in [0.15, 0.2) is 53.3 Å². The number of rotatable bonds is 9. The van der Waals surface area contributed by atoms with Crippen LogP contribution >= 0.6 is 0 Å². The van der Waals surface area contributed by atoms with E-state index < -0.39 is 0 Å². The zero-order chi connectivity index (χ0) is 21.6. The first-order chi connectivity index (χ1) is 15.2. The summed E-state index contributed by atoms with van der Waals surface area (Å²) >= 11 is 0. The minimum atomic E-state index is -0.0412. The van der Waals surface area contributed by atoms with Crippen molar-refractivity contribution in [3.63, 3.8) is 0 Å². The Hall–Kier alpha value is -3.55. The number of hydrogen-bond donors (Lipinski definition) is 1. The Morgan fingerprint density at radius 3 is 2.42 bits per heavy atom. The van der Waals surface area contributed by atoms with Crippen molar-refractivity contribution in [2.24, 2.45) is 0 Å². The van der Waals surface area contributed by atoms with Crippen molar-refractivity contribution < 1.29 is 0 Å². The van der Waals surface area contributed by atoms with Crippen molar-refractivity contribution in [3.05, 3.63) is 70.4 Å². The van der Waals surface area contributed by atoms with Gasteiger partial charge in [-0.05, 0) is 35.2 Å². The third-order valence-electron chi connectivity index (χ3n) is 5.42. The van der Waals surface area contributed by atoms with Crippen LogP contribution in [0, 0.1) is 0 Å². The molecule has 2 aromatic heterocycles. The topological polar surface area (TPSA) is 94.3 Å². The molecule has 2 aromatic carbocycles. The Labute approximate surface area is 180 Å². The number of nitrogens with zero attached hydrogens (tertiary/aromatic N) is 6. The highest BCUT2D eigenvalue weighted by molar-refractivity contribution is 5.80. The minimum Gasteiger partial charge on any atom is -0.274 e. The molecule has 0 unspecified atom stereocenters. The third-order valence-corrected chi connectivity index (χ3v) is 5.42. The lowest BCUT2D eigenvalue weighted by Crippen LogP contribution is -2.25. The summed E-state index contributed by atoms with van der Waals surface area (Å²) in [6.07, 6.45) is 4.15. The van der Waals surface area contributed by atoms with E-state index in [-0.39, 0.29) is 5.69 Å². The second-order valence-electron chi connectivity index (χ2n) is 7.54. The molecule has 0 saturated heterocycles. The molecule has 4 rings (SSSR count). The van der Waals surface area contributed by atoms with Gasteiger partial charge in [-0.3, -0.25) is 4.57 Å². The van der Waals surface area contributed by atoms with Crippen LogP contribution in [0.3, 0.4) is 0 Å². The molecule has 0 amide bonds. The van der Waals surface area contributed by atoms with E-state index >= 15 is 0 Å². The molecule has 4 aromatic rings. The molecule has 0 saturated carbocycles. The second kappa shape index (κ2) is 9.51. The first-order valence-electron chi connectivity index (χ1n) is 10.8. The highest BCUT2D eigenvalue weighted by Crippen LogP contribution is 2.29. The summed E-state index contributed by atoms with van der Waals surface area (Å²) in [5.74, 6) is 1.43. The molecule has 0 aliphatic rings. The van der Waals surface area contributed by atoms with E-state index in [2.05, 4.69) is 56.9 Å². The molecule has 8 heteroatoms. The zero-order valence-electron chi connectivity index (χ0n) is 18.0. The molecule has 0 spiro atoms. The Balaban J connectivity index is 1.60. The van der Waals surface area contributed by atoms with E-state index in [1.54, 1.807) is 9.25 Å². The van der Waals surface area contributed by atoms with Crippen molar-refractivity contribution in [1.82, 2.24) is 35.0 Å². The van der Waals surface area contributed by atoms with Gasteiger partial charge in [-0.2, -0.15) is 10.3 Å². The lowest BCUT2D eigenvalue weighted by molar-refractivity contribution is 0.614. The summed E-state index contributed by atoms with van der Waals surface area (Å²) in [6.45, 7) is 5.23. The fourth-order valence-corrected chi connectivity index (χ4v) is 3.75. The van der Waals surface area contributed by atoms with Gasteiger partial charge in [0.1, 0.15) is 5.82 Å². The predicted octanol–water partition coefficient (Wildman–Crippen LogP) is 3.69. The van der Waals surface area contributed by atoms with Crippen LogP contribution in [0.2, 0.25) is 0 Å².